The second kappa shape index (κ2) is 4.42. The van der Waals surface area contributed by atoms with Crippen LogP contribution in [0.4, 0.5) is 4.79 Å². The molecule has 0 aromatic carbocycles. The smallest absolute Gasteiger partial charge is 0.410 e. The molecule has 0 bridgehead atoms. The molecule has 2 aliphatic heterocycles. The normalized spacial score (nSPS) is 30.3. The zero-order valence-electron chi connectivity index (χ0n) is 10.3. The monoisotopic (exact) mass is 276 g/mol. The number of hydrogen-bond acceptors (Lipinski definition) is 5. The number of carbonyl (C=O) groups excluding carboxylic acids is 2. The van der Waals surface area contributed by atoms with Crippen LogP contribution in [0.5, 0.6) is 0 Å². The molecule has 8 heteroatoms. The highest BCUT2D eigenvalue weighted by Crippen LogP contribution is 2.19. The van der Waals surface area contributed by atoms with Gasteiger partial charge in [0.25, 0.3) is 0 Å². The number of ether oxygens (including phenoxy) is 1. The zero-order chi connectivity index (χ0) is 13.5. The van der Waals surface area contributed by atoms with Crippen molar-refractivity contribution >= 4 is 21.8 Å². The van der Waals surface area contributed by atoms with Gasteiger partial charge < -0.3 is 9.64 Å². The molecule has 0 saturated carbocycles. The summed E-state index contributed by atoms with van der Waals surface area (Å²) >= 11 is 0. The maximum absolute atomic E-state index is 12.2. The summed E-state index contributed by atoms with van der Waals surface area (Å²) in [5.74, 6) is -0.156. The van der Waals surface area contributed by atoms with E-state index in [1.54, 1.807) is 7.05 Å². The van der Waals surface area contributed by atoms with E-state index in [1.807, 2.05) is 0 Å². The molecule has 2 rings (SSSR count). The van der Waals surface area contributed by atoms with E-state index >= 15 is 0 Å². The first-order valence-electron chi connectivity index (χ1n) is 5.68. The van der Waals surface area contributed by atoms with Gasteiger partial charge in [-0.25, -0.2) is 13.2 Å². The molecule has 2 amide bonds. The fourth-order valence-corrected chi connectivity index (χ4v) is 4.00. The topological polar surface area (TPSA) is 84.0 Å². The Labute approximate surface area is 106 Å². The lowest BCUT2D eigenvalue weighted by molar-refractivity contribution is -0.135. The lowest BCUT2D eigenvalue weighted by Crippen LogP contribution is -2.48. The Balaban J connectivity index is 2.04. The maximum atomic E-state index is 12.2. The first kappa shape index (κ1) is 13.1. The van der Waals surface area contributed by atoms with Crippen molar-refractivity contribution in [2.45, 2.75) is 18.5 Å². The van der Waals surface area contributed by atoms with Crippen LogP contribution in [0, 0.1) is 0 Å². The van der Waals surface area contributed by atoms with Crippen molar-refractivity contribution in [3.8, 4) is 0 Å². The van der Waals surface area contributed by atoms with Crippen LogP contribution < -0.4 is 0 Å². The Morgan fingerprint density at radius 2 is 2.17 bits per heavy atom. The Bertz CT molecular complexity index is 475. The van der Waals surface area contributed by atoms with Gasteiger partial charge >= 0.3 is 6.09 Å². The summed E-state index contributed by atoms with van der Waals surface area (Å²) in [5.41, 5.74) is 0. The largest absolute Gasteiger partial charge is 0.447 e. The lowest BCUT2D eigenvalue weighted by atomic mass is 10.2. The molecule has 0 N–H and O–H groups in total. The van der Waals surface area contributed by atoms with Gasteiger partial charge in [0.1, 0.15) is 12.6 Å². The molecule has 2 heterocycles. The standard InChI is InChI=1S/C10H16N2O5S/c1-11(7-3-4-18(15,16)6-7)9(13)8-5-17-10(14)12(8)2/h7-8H,3-6H2,1-2H3. The van der Waals surface area contributed by atoms with Gasteiger partial charge in [-0.15, -0.1) is 0 Å². The Morgan fingerprint density at radius 3 is 2.61 bits per heavy atom. The lowest BCUT2D eigenvalue weighted by Gasteiger charge is -2.27. The second-order valence-electron chi connectivity index (χ2n) is 4.71. The van der Waals surface area contributed by atoms with Crippen molar-refractivity contribution in [2.75, 3.05) is 32.2 Å². The average molecular weight is 276 g/mol. The number of nitrogens with zero attached hydrogens (tertiary/aromatic N) is 2. The third-order valence-electron chi connectivity index (χ3n) is 3.51. The molecule has 2 fully saturated rings. The fraction of sp³-hybridized carbons (Fsp3) is 0.800. The summed E-state index contributed by atoms with van der Waals surface area (Å²) in [6, 6.07) is -0.947. The van der Waals surface area contributed by atoms with Crippen LogP contribution in [0.1, 0.15) is 6.42 Å². The molecule has 0 radical (unpaired) electrons. The van der Waals surface area contributed by atoms with Crippen molar-refractivity contribution in [3.05, 3.63) is 0 Å². The van der Waals surface area contributed by atoms with Gasteiger partial charge in [-0.1, -0.05) is 0 Å². The molecule has 0 spiro atoms. The number of sulfone groups is 1. The summed E-state index contributed by atoms with van der Waals surface area (Å²) in [5, 5.41) is 0. The minimum Gasteiger partial charge on any atom is -0.447 e. The fourth-order valence-electron chi connectivity index (χ4n) is 2.22. The molecule has 2 aliphatic rings. The van der Waals surface area contributed by atoms with Crippen LogP contribution in [0.2, 0.25) is 0 Å². The van der Waals surface area contributed by atoms with Gasteiger partial charge in [-0.3, -0.25) is 9.69 Å². The molecule has 0 aliphatic carbocycles. The Kier molecular flexibility index (Phi) is 3.22. The van der Waals surface area contributed by atoms with Crippen molar-refractivity contribution in [1.82, 2.24) is 9.80 Å². The second-order valence-corrected chi connectivity index (χ2v) is 6.94. The number of rotatable bonds is 2. The third kappa shape index (κ3) is 2.29. The summed E-state index contributed by atoms with van der Waals surface area (Å²) < 4.78 is 27.5. The minimum absolute atomic E-state index is 0.000474. The van der Waals surface area contributed by atoms with E-state index in [4.69, 9.17) is 4.74 Å². The number of carbonyl (C=O) groups is 2. The minimum atomic E-state index is -3.03. The van der Waals surface area contributed by atoms with Crippen molar-refractivity contribution in [3.63, 3.8) is 0 Å². The zero-order valence-corrected chi connectivity index (χ0v) is 11.1. The number of amides is 2. The maximum Gasteiger partial charge on any atom is 0.410 e. The van der Waals surface area contributed by atoms with E-state index < -0.39 is 22.0 Å². The predicted molar refractivity (Wildman–Crippen MR) is 62.7 cm³/mol. The summed E-state index contributed by atoms with van der Waals surface area (Å²) in [6.07, 6.45) is -0.0729. The third-order valence-corrected chi connectivity index (χ3v) is 5.26. The molecule has 2 unspecified atom stereocenters. The molecule has 0 aromatic heterocycles. The van der Waals surface area contributed by atoms with Crippen LogP contribution in [0.25, 0.3) is 0 Å². The van der Waals surface area contributed by atoms with Crippen LogP contribution >= 0.6 is 0 Å². The highest BCUT2D eigenvalue weighted by molar-refractivity contribution is 7.91. The van der Waals surface area contributed by atoms with Gasteiger partial charge in [-0.05, 0) is 6.42 Å². The van der Waals surface area contributed by atoms with Gasteiger partial charge in [0.05, 0.1) is 11.5 Å². The Morgan fingerprint density at radius 1 is 1.50 bits per heavy atom. The molecule has 2 atom stereocenters. The van der Waals surface area contributed by atoms with E-state index in [1.165, 1.54) is 16.8 Å². The summed E-state index contributed by atoms with van der Waals surface area (Å²) in [7, 11) is 0.0435. The summed E-state index contributed by atoms with van der Waals surface area (Å²) in [6.45, 7) is 0.0258. The highest BCUT2D eigenvalue weighted by Gasteiger charge is 2.40. The first-order chi connectivity index (χ1) is 8.32. The van der Waals surface area contributed by atoms with E-state index in [2.05, 4.69) is 0 Å². The molecule has 18 heavy (non-hydrogen) atoms. The van der Waals surface area contributed by atoms with Crippen LogP contribution in [-0.4, -0.2) is 74.5 Å². The molecular formula is C10H16N2O5S. The average Bonchev–Trinajstić information content (AvgIpc) is 2.82. The van der Waals surface area contributed by atoms with Crippen molar-refractivity contribution in [2.24, 2.45) is 0 Å². The van der Waals surface area contributed by atoms with E-state index in [-0.39, 0.29) is 30.1 Å². The van der Waals surface area contributed by atoms with E-state index in [0.717, 1.165) is 0 Å². The molecular weight excluding hydrogens is 260 g/mol. The Hall–Kier alpha value is -1.31. The van der Waals surface area contributed by atoms with Crippen LogP contribution in [0.15, 0.2) is 0 Å². The highest BCUT2D eigenvalue weighted by atomic mass is 32.2. The van der Waals surface area contributed by atoms with E-state index in [0.29, 0.717) is 6.42 Å². The van der Waals surface area contributed by atoms with E-state index in [9.17, 15) is 18.0 Å². The molecule has 2 saturated heterocycles. The number of hydrogen-bond donors (Lipinski definition) is 0. The van der Waals surface area contributed by atoms with Crippen LogP contribution in [0.3, 0.4) is 0 Å². The summed E-state index contributed by atoms with van der Waals surface area (Å²) in [4.78, 5) is 26.0. The van der Waals surface area contributed by atoms with Crippen molar-refractivity contribution in [1.29, 1.82) is 0 Å². The number of cyclic esters (lactones) is 1. The first-order valence-corrected chi connectivity index (χ1v) is 7.50. The van der Waals surface area contributed by atoms with Gasteiger partial charge in [-0.2, -0.15) is 0 Å². The van der Waals surface area contributed by atoms with Gasteiger partial charge in [0, 0.05) is 20.1 Å². The predicted octanol–water partition coefficient (Wildman–Crippen LogP) is -0.917. The SMILES string of the molecule is CN(C(=O)C1COC(=O)N1C)C1CCS(=O)(=O)C1. The van der Waals surface area contributed by atoms with Gasteiger partial charge in [0.2, 0.25) is 5.91 Å². The molecule has 7 nitrogen and oxygen atoms in total. The number of likely N-dealkylation sites (N-methyl/N-ethyl adjacent to an activating group) is 2. The quantitative estimate of drug-likeness (QED) is 0.651. The van der Waals surface area contributed by atoms with Gasteiger partial charge in [0.15, 0.2) is 9.84 Å². The van der Waals surface area contributed by atoms with Crippen molar-refractivity contribution < 1.29 is 22.7 Å². The molecule has 0 aromatic rings. The van der Waals surface area contributed by atoms with Crippen LogP contribution in [-0.2, 0) is 19.4 Å². The molecule has 102 valence electrons.